The molecule has 0 aliphatic heterocycles. The molecule has 1 unspecified atom stereocenters. The first-order valence-electron chi connectivity index (χ1n) is 11.8. The molecule has 36 heavy (non-hydrogen) atoms. The fourth-order valence-electron chi connectivity index (χ4n) is 4.50. The zero-order valence-electron chi connectivity index (χ0n) is 19.9. The molecule has 0 amide bonds. The van der Waals surface area contributed by atoms with Crippen LogP contribution in [0.5, 0.6) is 0 Å². The molecule has 0 aliphatic rings. The Kier molecular flexibility index (Phi) is 8.88. The third-order valence-electron chi connectivity index (χ3n) is 6.13. The van der Waals surface area contributed by atoms with E-state index in [-0.39, 0.29) is 17.1 Å². The van der Waals surface area contributed by atoms with E-state index in [0.717, 1.165) is 0 Å². The summed E-state index contributed by atoms with van der Waals surface area (Å²) >= 11 is 0. The Labute approximate surface area is 227 Å². The molecule has 1 atom stereocenters. The molecule has 0 spiro atoms. The van der Waals surface area contributed by atoms with Crippen molar-refractivity contribution in [2.24, 2.45) is 0 Å². The van der Waals surface area contributed by atoms with E-state index in [1.165, 1.54) is 49.8 Å². The number of hydrogen-bond acceptors (Lipinski definition) is 0. The molecule has 6 aromatic carbocycles. The Morgan fingerprint density at radius 3 is 1.31 bits per heavy atom. The zero-order chi connectivity index (χ0) is 23.9. The second-order valence-electron chi connectivity index (χ2n) is 8.36. The third kappa shape index (κ3) is 5.67. The maximum Gasteiger partial charge on any atom is 0 e. The average molecular weight is 522 g/mol. The van der Waals surface area contributed by atoms with E-state index in [1.54, 1.807) is 0 Å². The van der Waals surface area contributed by atoms with Gasteiger partial charge in [0.25, 0.3) is 0 Å². The average Bonchev–Trinajstić information content (AvgIpc) is 3.64. The molecule has 0 saturated carbocycles. The molecule has 0 N–H and O–H groups in total. The first kappa shape index (κ1) is 25.6. The second kappa shape index (κ2) is 12.5. The van der Waals surface area contributed by atoms with Crippen LogP contribution in [-0.2, 0) is 17.1 Å². The number of hydrogen-bond donors (Lipinski definition) is 0. The van der Waals surface area contributed by atoms with Gasteiger partial charge in [-0.2, -0.15) is 15.3 Å². The third-order valence-corrected chi connectivity index (χ3v) is 6.61. The summed E-state index contributed by atoms with van der Waals surface area (Å²) in [5.41, 5.74) is 10.1. The Balaban J connectivity index is 0.000000455. The van der Waals surface area contributed by atoms with Crippen molar-refractivity contribution in [3.05, 3.63) is 152 Å². The van der Waals surface area contributed by atoms with Crippen LogP contribution in [-0.4, -0.2) is 0 Å². The van der Waals surface area contributed by atoms with E-state index >= 15 is 0 Å². The molecular formula is C34H27FeP-6. The van der Waals surface area contributed by atoms with Crippen molar-refractivity contribution in [3.63, 3.8) is 0 Å². The largest absolute Gasteiger partial charge is 0.748 e. The molecule has 0 fully saturated rings. The maximum atomic E-state index is 2.94. The van der Waals surface area contributed by atoms with Crippen LogP contribution in [0, 0.1) is 0 Å². The number of rotatable bonds is 4. The summed E-state index contributed by atoms with van der Waals surface area (Å²) in [6, 6.07) is 53.1. The van der Waals surface area contributed by atoms with Gasteiger partial charge in [0.05, 0.1) is 0 Å². The van der Waals surface area contributed by atoms with Crippen LogP contribution < -0.4 is 5.30 Å². The fourth-order valence-corrected chi connectivity index (χ4v) is 4.91. The minimum absolute atomic E-state index is 0. The van der Waals surface area contributed by atoms with E-state index in [2.05, 4.69) is 131 Å². The van der Waals surface area contributed by atoms with Gasteiger partial charge < -0.3 is 30.3 Å². The van der Waals surface area contributed by atoms with Crippen molar-refractivity contribution in [3.8, 4) is 44.5 Å². The van der Waals surface area contributed by atoms with E-state index in [1.807, 2.05) is 30.3 Å². The molecule has 6 aromatic rings. The normalized spacial score (nSPS) is 10.1. The van der Waals surface area contributed by atoms with Gasteiger partial charge in [-0.25, -0.2) is 0 Å². The van der Waals surface area contributed by atoms with Crippen LogP contribution in [0.1, 0.15) is 0 Å². The summed E-state index contributed by atoms with van der Waals surface area (Å²) < 4.78 is 0. The molecule has 0 saturated heterocycles. The SMILES string of the molecule is P[c-]1ccc(-c2ccccc2-c2ccccc2)c1-c1ccccc1-c1ccccc1.[Fe].[cH-]1[cH-][cH-][cH-][cH-]1. The van der Waals surface area contributed by atoms with Gasteiger partial charge in [0.15, 0.2) is 0 Å². The summed E-state index contributed by atoms with van der Waals surface area (Å²) in [5.74, 6) is 0. The van der Waals surface area contributed by atoms with Gasteiger partial charge in [-0.3, -0.25) is 0 Å². The van der Waals surface area contributed by atoms with E-state index < -0.39 is 0 Å². The maximum absolute atomic E-state index is 2.94. The van der Waals surface area contributed by atoms with Gasteiger partial charge >= 0.3 is 0 Å². The monoisotopic (exact) mass is 522 g/mol. The van der Waals surface area contributed by atoms with Crippen molar-refractivity contribution in [1.29, 1.82) is 0 Å². The zero-order valence-corrected chi connectivity index (χ0v) is 22.1. The van der Waals surface area contributed by atoms with Gasteiger partial charge in [-0.1, -0.05) is 126 Å². The van der Waals surface area contributed by atoms with E-state index in [4.69, 9.17) is 0 Å². The molecule has 0 bridgehead atoms. The van der Waals surface area contributed by atoms with Crippen LogP contribution in [0.2, 0.25) is 0 Å². The molecule has 0 aliphatic carbocycles. The van der Waals surface area contributed by atoms with Gasteiger partial charge in [0.2, 0.25) is 0 Å². The summed E-state index contributed by atoms with van der Waals surface area (Å²) in [6.45, 7) is 0. The quantitative estimate of drug-likeness (QED) is 0.123. The van der Waals surface area contributed by atoms with Crippen molar-refractivity contribution >= 4 is 14.5 Å². The first-order valence-corrected chi connectivity index (χ1v) is 12.4. The standard InChI is InChI=1S/C29H22P.C5H5.Fe/c30-28-20-19-27(25-17-9-7-15-23(25)21-11-3-1-4-12-21)29(28)26-18-10-8-16-24(26)22-13-5-2-6-14-22;1-2-4-5-3-1;/h1-20H,30H2;1-5H;/q-1;-5;. The predicted molar refractivity (Wildman–Crippen MR) is 155 cm³/mol. The van der Waals surface area contributed by atoms with Gasteiger partial charge in [-0.15, -0.1) is 22.5 Å². The van der Waals surface area contributed by atoms with E-state index in [0.29, 0.717) is 0 Å². The number of benzene rings is 4. The van der Waals surface area contributed by atoms with Crippen molar-refractivity contribution in [2.75, 3.05) is 0 Å². The van der Waals surface area contributed by atoms with Crippen molar-refractivity contribution in [2.45, 2.75) is 0 Å². The Morgan fingerprint density at radius 2 is 0.806 bits per heavy atom. The Hall–Kier alpha value is -3.47. The minimum atomic E-state index is 0. The fraction of sp³-hybridized carbons (Fsp3) is 0. The molecule has 0 radical (unpaired) electrons. The molecule has 6 rings (SSSR count). The Morgan fingerprint density at radius 1 is 0.417 bits per heavy atom. The summed E-state index contributed by atoms with van der Waals surface area (Å²) in [5, 5.41) is 1.22. The molecular weight excluding hydrogens is 495 g/mol. The summed E-state index contributed by atoms with van der Waals surface area (Å²) in [7, 11) is 2.94. The second-order valence-corrected chi connectivity index (χ2v) is 8.98. The molecule has 182 valence electrons. The van der Waals surface area contributed by atoms with Crippen LogP contribution in [0.3, 0.4) is 0 Å². The van der Waals surface area contributed by atoms with Crippen LogP contribution >= 0.6 is 9.24 Å². The topological polar surface area (TPSA) is 0 Å². The Bertz CT molecular complexity index is 1460. The van der Waals surface area contributed by atoms with Crippen LogP contribution in [0.25, 0.3) is 44.5 Å². The van der Waals surface area contributed by atoms with Gasteiger partial charge in [-0.05, 0) is 16.7 Å². The van der Waals surface area contributed by atoms with Crippen LogP contribution in [0.15, 0.2) is 152 Å². The van der Waals surface area contributed by atoms with E-state index in [9.17, 15) is 0 Å². The first-order chi connectivity index (χ1) is 17.3. The van der Waals surface area contributed by atoms with Crippen LogP contribution in [0.4, 0.5) is 0 Å². The molecule has 0 aromatic heterocycles. The summed E-state index contributed by atoms with van der Waals surface area (Å²) in [6.07, 6.45) is 0. The van der Waals surface area contributed by atoms with Gasteiger partial charge in [0, 0.05) is 17.1 Å². The summed E-state index contributed by atoms with van der Waals surface area (Å²) in [4.78, 5) is 0. The minimum Gasteiger partial charge on any atom is -0.748 e. The van der Waals surface area contributed by atoms with Crippen molar-refractivity contribution < 1.29 is 17.1 Å². The molecule has 2 heteroatoms. The predicted octanol–water partition coefficient (Wildman–Crippen LogP) is 8.98. The van der Waals surface area contributed by atoms with Gasteiger partial charge in [0.1, 0.15) is 0 Å². The smallest absolute Gasteiger partial charge is 0 e. The molecule has 0 heterocycles. The molecule has 0 nitrogen and oxygen atoms in total. The van der Waals surface area contributed by atoms with Crippen molar-refractivity contribution in [1.82, 2.24) is 0 Å².